The molecule has 1 aromatic carbocycles. The van der Waals surface area contributed by atoms with E-state index in [0.717, 1.165) is 25.7 Å². The minimum Gasteiger partial charge on any atom is -0.399 e. The maximum absolute atomic E-state index is 14.0. The minimum atomic E-state index is -3.84. The minimum absolute atomic E-state index is 0.239. The van der Waals surface area contributed by atoms with Gasteiger partial charge in [0.25, 0.3) is 0 Å². The molecule has 0 aliphatic heterocycles. The fraction of sp³-hybridized carbons (Fsp3) is 0.571. The standard InChI is InChI=1S/C14H21FN2O2S/c1-10-7-12(16)8-13(14(10)15)20(18,19)17-9-11-5-3-2-4-6-11/h7-8,11,17H,2-6,9,16H2,1H3. The van der Waals surface area contributed by atoms with Crippen molar-refractivity contribution in [2.45, 2.75) is 43.9 Å². The molecule has 0 amide bonds. The third kappa shape index (κ3) is 3.49. The first-order valence-electron chi connectivity index (χ1n) is 6.95. The molecule has 0 atom stereocenters. The van der Waals surface area contributed by atoms with E-state index in [2.05, 4.69) is 4.72 Å². The third-order valence-electron chi connectivity index (χ3n) is 3.82. The Labute approximate surface area is 119 Å². The van der Waals surface area contributed by atoms with Gasteiger partial charge in [-0.25, -0.2) is 17.5 Å². The van der Waals surface area contributed by atoms with Gasteiger partial charge in [-0.15, -0.1) is 0 Å². The van der Waals surface area contributed by atoms with Gasteiger partial charge >= 0.3 is 0 Å². The Balaban J connectivity index is 2.14. The smallest absolute Gasteiger partial charge is 0.243 e. The lowest BCUT2D eigenvalue weighted by Gasteiger charge is -2.21. The summed E-state index contributed by atoms with van der Waals surface area (Å²) in [5.74, 6) is -0.376. The van der Waals surface area contributed by atoms with E-state index in [0.29, 0.717) is 12.5 Å². The van der Waals surface area contributed by atoms with Crippen molar-refractivity contribution in [2.75, 3.05) is 12.3 Å². The van der Waals surface area contributed by atoms with Crippen LogP contribution in [0.1, 0.15) is 37.7 Å². The lowest BCUT2D eigenvalue weighted by atomic mass is 9.90. The third-order valence-corrected chi connectivity index (χ3v) is 5.24. The van der Waals surface area contributed by atoms with Gasteiger partial charge in [0.2, 0.25) is 10.0 Å². The molecule has 20 heavy (non-hydrogen) atoms. The predicted octanol–water partition coefficient (Wildman–Crippen LogP) is 2.57. The second kappa shape index (κ2) is 6.10. The first-order chi connectivity index (χ1) is 9.40. The van der Waals surface area contributed by atoms with Gasteiger partial charge in [-0.3, -0.25) is 0 Å². The molecule has 0 radical (unpaired) electrons. The number of aryl methyl sites for hydroxylation is 1. The topological polar surface area (TPSA) is 72.2 Å². The molecule has 0 saturated heterocycles. The van der Waals surface area contributed by atoms with Gasteiger partial charge in [0.15, 0.2) is 0 Å². The second-order valence-corrected chi connectivity index (χ2v) is 7.24. The Morgan fingerprint density at radius 3 is 2.60 bits per heavy atom. The van der Waals surface area contributed by atoms with Gasteiger partial charge in [-0.2, -0.15) is 0 Å². The van der Waals surface area contributed by atoms with E-state index in [9.17, 15) is 12.8 Å². The van der Waals surface area contributed by atoms with E-state index in [-0.39, 0.29) is 16.1 Å². The molecule has 6 heteroatoms. The van der Waals surface area contributed by atoms with E-state index in [1.54, 1.807) is 0 Å². The van der Waals surface area contributed by atoms with E-state index >= 15 is 0 Å². The van der Waals surface area contributed by atoms with Crippen molar-refractivity contribution < 1.29 is 12.8 Å². The molecule has 4 nitrogen and oxygen atoms in total. The quantitative estimate of drug-likeness (QED) is 0.839. The first-order valence-corrected chi connectivity index (χ1v) is 8.44. The highest BCUT2D eigenvalue weighted by molar-refractivity contribution is 7.89. The summed E-state index contributed by atoms with van der Waals surface area (Å²) in [6, 6.07) is 2.60. The molecule has 1 aliphatic carbocycles. The highest BCUT2D eigenvalue weighted by atomic mass is 32.2. The highest BCUT2D eigenvalue weighted by Gasteiger charge is 2.23. The van der Waals surface area contributed by atoms with Crippen LogP contribution in [0.15, 0.2) is 17.0 Å². The SMILES string of the molecule is Cc1cc(N)cc(S(=O)(=O)NCC2CCCCC2)c1F. The van der Waals surface area contributed by atoms with E-state index in [4.69, 9.17) is 5.73 Å². The summed E-state index contributed by atoms with van der Waals surface area (Å²) in [5, 5.41) is 0. The lowest BCUT2D eigenvalue weighted by molar-refractivity contribution is 0.357. The molecule has 2 rings (SSSR count). The molecule has 1 aliphatic rings. The number of benzene rings is 1. The van der Waals surface area contributed by atoms with Crippen LogP contribution in [0.2, 0.25) is 0 Å². The number of rotatable bonds is 4. The van der Waals surface area contributed by atoms with Crippen LogP contribution >= 0.6 is 0 Å². The molecule has 1 saturated carbocycles. The summed E-state index contributed by atoms with van der Waals surface area (Å²) < 4.78 is 40.9. The number of sulfonamides is 1. The largest absolute Gasteiger partial charge is 0.399 e. The average molecular weight is 300 g/mol. The summed E-state index contributed by atoms with van der Waals surface area (Å²) in [6.07, 6.45) is 5.55. The first kappa shape index (κ1) is 15.3. The molecule has 0 bridgehead atoms. The van der Waals surface area contributed by atoms with Gasteiger partial charge in [0, 0.05) is 12.2 Å². The zero-order valence-electron chi connectivity index (χ0n) is 11.7. The molecule has 0 heterocycles. The lowest BCUT2D eigenvalue weighted by Crippen LogP contribution is -2.31. The van der Waals surface area contributed by atoms with Gasteiger partial charge in [-0.1, -0.05) is 19.3 Å². The Morgan fingerprint density at radius 2 is 1.95 bits per heavy atom. The van der Waals surface area contributed by atoms with Crippen molar-refractivity contribution >= 4 is 15.7 Å². The average Bonchev–Trinajstić information content (AvgIpc) is 2.42. The maximum atomic E-state index is 14.0. The van der Waals surface area contributed by atoms with Gasteiger partial charge < -0.3 is 5.73 Å². The van der Waals surface area contributed by atoms with E-state index < -0.39 is 15.8 Å². The summed E-state index contributed by atoms with van der Waals surface area (Å²) in [5.41, 5.74) is 6.10. The number of nitrogens with two attached hydrogens (primary N) is 1. The van der Waals surface area contributed by atoms with Crippen LogP contribution in [0.4, 0.5) is 10.1 Å². The molecular weight excluding hydrogens is 279 g/mol. The Hall–Kier alpha value is -1.14. The summed E-state index contributed by atoms with van der Waals surface area (Å²) in [6.45, 7) is 1.88. The second-order valence-electron chi connectivity index (χ2n) is 5.51. The van der Waals surface area contributed by atoms with Crippen LogP contribution in [-0.4, -0.2) is 15.0 Å². The maximum Gasteiger partial charge on any atom is 0.243 e. The predicted molar refractivity (Wildman–Crippen MR) is 77.3 cm³/mol. The van der Waals surface area contributed by atoms with E-state index in [1.165, 1.54) is 25.5 Å². The zero-order chi connectivity index (χ0) is 14.8. The van der Waals surface area contributed by atoms with Gasteiger partial charge in [-0.05, 0) is 43.4 Å². The highest BCUT2D eigenvalue weighted by Crippen LogP contribution is 2.25. The fourth-order valence-electron chi connectivity index (χ4n) is 2.66. The van der Waals surface area contributed by atoms with Crippen molar-refractivity contribution in [2.24, 2.45) is 5.92 Å². The molecule has 1 aromatic rings. The molecule has 0 spiro atoms. The Kier molecular flexibility index (Phi) is 4.65. The Morgan fingerprint density at radius 1 is 1.30 bits per heavy atom. The number of anilines is 1. The van der Waals surface area contributed by atoms with Crippen LogP contribution in [0.25, 0.3) is 0 Å². The van der Waals surface area contributed by atoms with Crippen molar-refractivity contribution in [1.82, 2.24) is 4.72 Å². The van der Waals surface area contributed by atoms with Crippen LogP contribution in [-0.2, 0) is 10.0 Å². The van der Waals surface area contributed by atoms with Gasteiger partial charge in [0.1, 0.15) is 10.7 Å². The number of hydrogen-bond acceptors (Lipinski definition) is 3. The zero-order valence-corrected chi connectivity index (χ0v) is 12.5. The number of hydrogen-bond donors (Lipinski definition) is 2. The fourth-order valence-corrected chi connectivity index (χ4v) is 3.95. The summed E-state index contributed by atoms with van der Waals surface area (Å²) in [7, 11) is -3.84. The van der Waals surface area contributed by atoms with E-state index in [1.807, 2.05) is 0 Å². The number of nitrogen functional groups attached to an aromatic ring is 1. The monoisotopic (exact) mass is 300 g/mol. The van der Waals surface area contributed by atoms with Crippen molar-refractivity contribution in [3.8, 4) is 0 Å². The van der Waals surface area contributed by atoms with Crippen LogP contribution in [0.5, 0.6) is 0 Å². The Bertz CT molecular complexity index is 581. The molecule has 112 valence electrons. The molecule has 0 aromatic heterocycles. The van der Waals surface area contributed by atoms with Crippen LogP contribution in [0, 0.1) is 18.7 Å². The number of halogens is 1. The number of nitrogens with one attached hydrogen (secondary N) is 1. The van der Waals surface area contributed by atoms with Crippen molar-refractivity contribution in [3.05, 3.63) is 23.5 Å². The summed E-state index contributed by atoms with van der Waals surface area (Å²) in [4.78, 5) is -0.356. The van der Waals surface area contributed by atoms with Crippen molar-refractivity contribution in [1.29, 1.82) is 0 Å². The van der Waals surface area contributed by atoms with Crippen molar-refractivity contribution in [3.63, 3.8) is 0 Å². The molecule has 1 fully saturated rings. The summed E-state index contributed by atoms with van der Waals surface area (Å²) >= 11 is 0. The molecular formula is C14H21FN2O2S. The normalized spacial score (nSPS) is 17.3. The van der Waals surface area contributed by atoms with Gasteiger partial charge in [0.05, 0.1) is 0 Å². The van der Waals surface area contributed by atoms with Crippen LogP contribution < -0.4 is 10.5 Å². The van der Waals surface area contributed by atoms with Crippen LogP contribution in [0.3, 0.4) is 0 Å². The molecule has 0 unspecified atom stereocenters. The molecule has 3 N–H and O–H groups in total.